The van der Waals surface area contributed by atoms with Crippen LogP contribution in [0.3, 0.4) is 0 Å². The number of pyridine rings is 1. The van der Waals surface area contributed by atoms with Gasteiger partial charge in [-0.15, -0.1) is 10.3 Å². The molecule has 0 aliphatic heterocycles. The summed E-state index contributed by atoms with van der Waals surface area (Å²) in [6.45, 7) is 3.68. The van der Waals surface area contributed by atoms with Crippen molar-refractivity contribution in [2.75, 3.05) is 7.11 Å². The van der Waals surface area contributed by atoms with Gasteiger partial charge in [-0.3, -0.25) is 4.98 Å². The highest BCUT2D eigenvalue weighted by Gasteiger charge is 2.36. The van der Waals surface area contributed by atoms with E-state index in [4.69, 9.17) is 24.6 Å². The van der Waals surface area contributed by atoms with Crippen molar-refractivity contribution in [3.63, 3.8) is 0 Å². The molecule has 1 aromatic heterocycles. The van der Waals surface area contributed by atoms with Crippen LogP contribution in [0.2, 0.25) is 0 Å². The molecule has 136 valence electrons. The highest BCUT2D eigenvalue weighted by Crippen LogP contribution is 2.11. The summed E-state index contributed by atoms with van der Waals surface area (Å²) in [5, 5.41) is 31.5. The lowest BCUT2D eigenvalue weighted by atomic mass is 9.70. The molecule has 10 nitrogen and oxygen atoms in total. The molecule has 0 radical (unpaired) electrons. The Balaban J connectivity index is 3.26. The Bertz CT molecular complexity index is 654. The highest BCUT2D eigenvalue weighted by molar-refractivity contribution is 6.75. The first kappa shape index (κ1) is 20.1. The third-order valence-electron chi connectivity index (χ3n) is 3.43. The first-order chi connectivity index (χ1) is 11.9. The summed E-state index contributed by atoms with van der Waals surface area (Å²) in [4.78, 5) is 3.93. The quantitative estimate of drug-likeness (QED) is 0.315. The molecule has 0 saturated heterocycles. The maximum absolute atomic E-state index is 8.80. The second-order valence-electron chi connectivity index (χ2n) is 5.09. The molecular weight excluding hydrogens is 329 g/mol. The van der Waals surface area contributed by atoms with Crippen LogP contribution in [0, 0.1) is 0 Å². The molecule has 0 aliphatic carbocycles. The van der Waals surface area contributed by atoms with Crippen molar-refractivity contribution in [1.29, 1.82) is 0 Å². The maximum atomic E-state index is 8.80. The molecule has 11 heteroatoms. The van der Waals surface area contributed by atoms with Gasteiger partial charge >= 0.3 is 6.75 Å². The third kappa shape index (κ3) is 5.28. The predicted molar refractivity (Wildman–Crippen MR) is 94.8 cm³/mol. The average Bonchev–Trinajstić information content (AvgIpc) is 2.67. The molecule has 1 heterocycles. The van der Waals surface area contributed by atoms with E-state index in [1.54, 1.807) is 39.8 Å². The molecule has 0 aliphatic rings. The minimum absolute atomic E-state index is 0.262. The van der Waals surface area contributed by atoms with E-state index >= 15 is 0 Å². The van der Waals surface area contributed by atoms with Gasteiger partial charge in [0.05, 0.1) is 11.4 Å². The highest BCUT2D eigenvalue weighted by atomic mass is 16.8. The number of hydrogen-bond donors (Lipinski definition) is 2. The summed E-state index contributed by atoms with van der Waals surface area (Å²) in [5.74, 6) is 0. The molecule has 0 saturated carbocycles. The van der Waals surface area contributed by atoms with E-state index in [-0.39, 0.29) is 11.4 Å². The second kappa shape index (κ2) is 9.37. The maximum Gasteiger partial charge on any atom is 0.563 e. The van der Waals surface area contributed by atoms with E-state index in [0.29, 0.717) is 16.9 Å². The van der Waals surface area contributed by atoms with Crippen molar-refractivity contribution in [1.82, 2.24) is 4.98 Å². The fourth-order valence-corrected chi connectivity index (χ4v) is 1.54. The van der Waals surface area contributed by atoms with Crippen LogP contribution in [0.1, 0.15) is 27.7 Å². The summed E-state index contributed by atoms with van der Waals surface area (Å²) in [7, 11) is 1.37. The predicted octanol–water partition coefficient (Wildman–Crippen LogP) is 1.36. The van der Waals surface area contributed by atoms with Crippen LogP contribution in [-0.2, 0) is 14.2 Å². The van der Waals surface area contributed by atoms with E-state index in [9.17, 15) is 0 Å². The molecule has 0 aromatic carbocycles. The Kier molecular flexibility index (Phi) is 7.54. The normalized spacial score (nSPS) is 14.4. The lowest BCUT2D eigenvalue weighted by Gasteiger charge is -2.35. The lowest BCUT2D eigenvalue weighted by molar-refractivity contribution is 0.0985. The molecule has 1 rings (SSSR count). The first-order valence-electron chi connectivity index (χ1n) is 7.32. The molecule has 0 unspecified atom stereocenters. The molecule has 2 N–H and O–H groups in total. The smallest absolute Gasteiger partial charge is 0.548 e. The van der Waals surface area contributed by atoms with Crippen molar-refractivity contribution in [2.24, 2.45) is 20.6 Å². The topological polar surface area (TPSA) is 130 Å². The van der Waals surface area contributed by atoms with Gasteiger partial charge < -0.3 is 24.6 Å². The van der Waals surface area contributed by atoms with E-state index in [2.05, 4.69) is 25.6 Å². The fourth-order valence-electron chi connectivity index (χ4n) is 1.54. The molecule has 0 bridgehead atoms. The second-order valence-corrected chi connectivity index (χ2v) is 5.09. The minimum atomic E-state index is -2.61. The Morgan fingerprint density at radius 2 is 1.32 bits per heavy atom. The molecule has 0 spiro atoms. The fraction of sp³-hybridized carbons (Fsp3) is 0.357. The van der Waals surface area contributed by atoms with Gasteiger partial charge in [0.25, 0.3) is 0 Å². The Morgan fingerprint density at radius 1 is 0.880 bits per heavy atom. The molecule has 0 amide bonds. The van der Waals surface area contributed by atoms with E-state index in [1.807, 2.05) is 0 Å². The van der Waals surface area contributed by atoms with E-state index < -0.39 is 6.75 Å². The van der Waals surface area contributed by atoms with Crippen LogP contribution < -0.4 is 5.46 Å². The average molecular weight is 350 g/mol. The van der Waals surface area contributed by atoms with Gasteiger partial charge in [-0.1, -0.05) is 27.9 Å². The van der Waals surface area contributed by atoms with Crippen molar-refractivity contribution in [2.45, 2.75) is 27.7 Å². The Hall–Kier alpha value is -2.95. The first-order valence-corrected chi connectivity index (χ1v) is 7.32. The number of rotatable bonds is 8. The third-order valence-corrected chi connectivity index (χ3v) is 3.43. The van der Waals surface area contributed by atoms with Crippen LogP contribution in [0.5, 0.6) is 0 Å². The minimum Gasteiger partial charge on any atom is -0.548 e. The van der Waals surface area contributed by atoms with Gasteiger partial charge in [-0.2, -0.15) is 0 Å². The molecule has 1 aromatic rings. The zero-order chi connectivity index (χ0) is 18.9. The van der Waals surface area contributed by atoms with Crippen LogP contribution in [0.25, 0.3) is 0 Å². The number of oxime groups is 4. The van der Waals surface area contributed by atoms with Crippen LogP contribution >= 0.6 is 0 Å². The van der Waals surface area contributed by atoms with Crippen LogP contribution in [0.15, 0.2) is 45.1 Å². The summed E-state index contributed by atoms with van der Waals surface area (Å²) in [6, 6.07) is 3.25. The van der Waals surface area contributed by atoms with Crippen LogP contribution in [-0.4, -0.2) is 52.1 Å². The van der Waals surface area contributed by atoms with Crippen LogP contribution in [0.4, 0.5) is 0 Å². The molecule has 0 atom stereocenters. The van der Waals surface area contributed by atoms with Gasteiger partial charge in [0.2, 0.25) is 0 Å². The summed E-state index contributed by atoms with van der Waals surface area (Å²) in [5.41, 5.74) is 1.65. The monoisotopic (exact) mass is 350 g/mol. The molecular formula is C14H21BN5O5-. The van der Waals surface area contributed by atoms with E-state index in [1.165, 1.54) is 19.5 Å². The molecule has 25 heavy (non-hydrogen) atoms. The van der Waals surface area contributed by atoms with Gasteiger partial charge in [-0.25, -0.2) is 0 Å². The zero-order valence-electron chi connectivity index (χ0n) is 14.7. The number of nitrogens with zero attached hydrogens (tertiary/aromatic N) is 5. The summed E-state index contributed by atoms with van der Waals surface area (Å²) in [6.07, 6.45) is 3.07. The SMILES string of the molecule is CO[B-](O/N=C(C)/C(C)=N/O)(O/N=C(C)/C(C)=N/O)c1ccncc1. The Morgan fingerprint density at radius 3 is 1.68 bits per heavy atom. The van der Waals surface area contributed by atoms with Gasteiger partial charge in [-0.05, 0) is 34.8 Å². The van der Waals surface area contributed by atoms with Crippen molar-refractivity contribution >= 4 is 35.1 Å². The van der Waals surface area contributed by atoms with E-state index in [0.717, 1.165) is 0 Å². The van der Waals surface area contributed by atoms with Gasteiger partial charge in [0, 0.05) is 12.4 Å². The van der Waals surface area contributed by atoms with Crippen molar-refractivity contribution in [3.8, 4) is 0 Å². The summed E-state index contributed by atoms with van der Waals surface area (Å²) >= 11 is 0. The lowest BCUT2D eigenvalue weighted by Crippen LogP contribution is -2.54. The number of aromatic nitrogens is 1. The standard InChI is InChI=1S/C14H21BN5O5/c1-10(17-21)12(3)19-24-15(23-5,14-6-8-16-9-7-14)25-20-13(4)11(2)18-22/h6-9,21-22H,1-5H3/q-1/b17-10+,18-11+,19-12+,20-13+. The zero-order valence-corrected chi connectivity index (χ0v) is 14.7. The largest absolute Gasteiger partial charge is 0.563 e. The van der Waals surface area contributed by atoms with Gasteiger partial charge in [0.1, 0.15) is 11.4 Å². The molecule has 0 fully saturated rings. The summed E-state index contributed by atoms with van der Waals surface area (Å²) < 4.78 is 16.4. The van der Waals surface area contributed by atoms with Gasteiger partial charge in [0.15, 0.2) is 0 Å². The van der Waals surface area contributed by atoms with Crippen molar-refractivity contribution < 1.29 is 24.6 Å². The number of hydrogen-bond acceptors (Lipinski definition) is 10. The Labute approximate surface area is 145 Å². The van der Waals surface area contributed by atoms with Crippen molar-refractivity contribution in [3.05, 3.63) is 24.5 Å².